The van der Waals surface area contributed by atoms with Crippen LogP contribution in [0.4, 0.5) is 0 Å². The van der Waals surface area contributed by atoms with Crippen LogP contribution in [0, 0.1) is 5.92 Å². The molecular weight excluding hydrogens is 487 g/mol. The third kappa shape index (κ3) is 8.51. The molecule has 2 aromatic carbocycles. The van der Waals surface area contributed by atoms with E-state index in [0.717, 1.165) is 11.1 Å². The fraction of sp³-hybridized carbons (Fsp3) is 0.417. The molecule has 0 aliphatic rings. The van der Waals surface area contributed by atoms with Crippen LogP contribution in [0.2, 0.25) is 15.1 Å². The van der Waals surface area contributed by atoms with Crippen LogP contribution in [0.15, 0.2) is 42.5 Å². The van der Waals surface area contributed by atoms with Crippen molar-refractivity contribution in [3.8, 4) is 0 Å². The van der Waals surface area contributed by atoms with Crippen LogP contribution in [0.3, 0.4) is 0 Å². The van der Waals surface area contributed by atoms with Crippen LogP contribution in [-0.4, -0.2) is 35.1 Å². The van der Waals surface area contributed by atoms with Crippen molar-refractivity contribution in [3.05, 3.63) is 68.7 Å². The van der Waals surface area contributed by atoms with Gasteiger partial charge in [-0.2, -0.15) is 0 Å². The summed E-state index contributed by atoms with van der Waals surface area (Å²) >= 11 is 19.8. The topological polar surface area (TPSA) is 49.4 Å². The standard InChI is InChI=1S/C24H29Cl3N2O2S/c1-4-22(24(31)28-12-16(2)3)29(13-17-8-9-20(26)21(27)11-17)23(30)15-32-14-18-6-5-7-19(25)10-18/h5-11,16,22H,4,12-15H2,1-3H3,(H,28,31)/t22-/m1/s1. The molecule has 0 spiro atoms. The van der Waals surface area contributed by atoms with E-state index in [1.807, 2.05) is 51.1 Å². The third-order valence-corrected chi connectivity index (χ3v) is 6.75. The van der Waals surface area contributed by atoms with Gasteiger partial charge in [0.1, 0.15) is 6.04 Å². The van der Waals surface area contributed by atoms with E-state index in [2.05, 4.69) is 5.32 Å². The number of hydrogen-bond donors (Lipinski definition) is 1. The monoisotopic (exact) mass is 514 g/mol. The summed E-state index contributed by atoms with van der Waals surface area (Å²) < 4.78 is 0. The highest BCUT2D eigenvalue weighted by atomic mass is 35.5. The van der Waals surface area contributed by atoms with Gasteiger partial charge in [0.2, 0.25) is 11.8 Å². The van der Waals surface area contributed by atoms with Crippen LogP contribution >= 0.6 is 46.6 Å². The Morgan fingerprint density at radius 2 is 1.78 bits per heavy atom. The highest BCUT2D eigenvalue weighted by Crippen LogP contribution is 2.25. The molecule has 0 aliphatic heterocycles. The van der Waals surface area contributed by atoms with Crippen molar-refractivity contribution in [3.63, 3.8) is 0 Å². The van der Waals surface area contributed by atoms with Crippen molar-refractivity contribution in [1.29, 1.82) is 0 Å². The zero-order valence-corrected chi connectivity index (χ0v) is 21.6. The van der Waals surface area contributed by atoms with Crippen molar-refractivity contribution in [2.45, 2.75) is 45.5 Å². The van der Waals surface area contributed by atoms with E-state index in [1.54, 1.807) is 17.0 Å². The van der Waals surface area contributed by atoms with Crippen molar-refractivity contribution < 1.29 is 9.59 Å². The minimum absolute atomic E-state index is 0.102. The zero-order valence-electron chi connectivity index (χ0n) is 18.5. The largest absolute Gasteiger partial charge is 0.354 e. The number of carbonyl (C=O) groups is 2. The van der Waals surface area contributed by atoms with E-state index in [1.165, 1.54) is 11.8 Å². The second-order valence-corrected chi connectivity index (χ2v) is 10.2. The van der Waals surface area contributed by atoms with Gasteiger partial charge in [0.05, 0.1) is 15.8 Å². The Morgan fingerprint density at radius 1 is 1.03 bits per heavy atom. The first kappa shape index (κ1) is 26.8. The molecule has 0 saturated heterocycles. The maximum atomic E-state index is 13.2. The van der Waals surface area contributed by atoms with Gasteiger partial charge in [-0.1, -0.05) is 73.8 Å². The van der Waals surface area contributed by atoms with Crippen LogP contribution in [0.25, 0.3) is 0 Å². The highest BCUT2D eigenvalue weighted by molar-refractivity contribution is 7.99. The molecule has 0 unspecified atom stereocenters. The summed E-state index contributed by atoms with van der Waals surface area (Å²) in [6, 6.07) is 12.3. The van der Waals surface area contributed by atoms with Crippen molar-refractivity contribution in [1.82, 2.24) is 10.2 Å². The third-order valence-electron chi connectivity index (χ3n) is 4.79. The number of halogens is 3. The van der Waals surface area contributed by atoms with Gasteiger partial charge in [0.15, 0.2) is 0 Å². The lowest BCUT2D eigenvalue weighted by atomic mass is 10.1. The average molecular weight is 516 g/mol. The Bertz CT molecular complexity index is 924. The fourth-order valence-electron chi connectivity index (χ4n) is 3.14. The van der Waals surface area contributed by atoms with Gasteiger partial charge in [-0.25, -0.2) is 0 Å². The number of nitrogens with one attached hydrogen (secondary N) is 1. The quantitative estimate of drug-likeness (QED) is 0.373. The molecule has 8 heteroatoms. The van der Waals surface area contributed by atoms with Crippen LogP contribution < -0.4 is 5.32 Å². The molecule has 4 nitrogen and oxygen atoms in total. The molecule has 0 radical (unpaired) electrons. The average Bonchev–Trinajstić information content (AvgIpc) is 2.74. The molecule has 2 rings (SSSR count). The lowest BCUT2D eigenvalue weighted by Gasteiger charge is -2.31. The van der Waals surface area contributed by atoms with E-state index < -0.39 is 6.04 Å². The van der Waals surface area contributed by atoms with Crippen molar-refractivity contribution in [2.24, 2.45) is 5.92 Å². The lowest BCUT2D eigenvalue weighted by Crippen LogP contribution is -2.50. The molecule has 174 valence electrons. The fourth-order valence-corrected chi connectivity index (χ4v) is 4.53. The number of benzene rings is 2. The van der Waals surface area contributed by atoms with Crippen LogP contribution in [0.5, 0.6) is 0 Å². The van der Waals surface area contributed by atoms with Crippen molar-refractivity contribution in [2.75, 3.05) is 12.3 Å². The number of nitrogens with zero attached hydrogens (tertiary/aromatic N) is 1. The SMILES string of the molecule is CC[C@H](C(=O)NCC(C)C)N(Cc1ccc(Cl)c(Cl)c1)C(=O)CSCc1cccc(Cl)c1. The summed E-state index contributed by atoms with van der Waals surface area (Å²) in [6.45, 7) is 6.82. The molecule has 1 N–H and O–H groups in total. The zero-order chi connectivity index (χ0) is 23.7. The minimum Gasteiger partial charge on any atom is -0.354 e. The Hall–Kier alpha value is -1.40. The second-order valence-electron chi connectivity index (χ2n) is 7.96. The minimum atomic E-state index is -0.567. The summed E-state index contributed by atoms with van der Waals surface area (Å²) in [5, 5.41) is 4.50. The summed E-state index contributed by atoms with van der Waals surface area (Å²) in [5.74, 6) is 0.985. The van der Waals surface area contributed by atoms with E-state index in [4.69, 9.17) is 34.8 Å². The number of hydrogen-bond acceptors (Lipinski definition) is 3. The maximum Gasteiger partial charge on any atom is 0.242 e. The maximum absolute atomic E-state index is 13.2. The molecule has 1 atom stereocenters. The van der Waals surface area contributed by atoms with Gasteiger partial charge in [-0.3, -0.25) is 9.59 Å². The van der Waals surface area contributed by atoms with Gasteiger partial charge in [0.25, 0.3) is 0 Å². The van der Waals surface area contributed by atoms with Crippen LogP contribution in [-0.2, 0) is 21.9 Å². The normalized spacial score (nSPS) is 12.0. The molecule has 2 amide bonds. The first-order valence-electron chi connectivity index (χ1n) is 10.5. The smallest absolute Gasteiger partial charge is 0.242 e. The predicted molar refractivity (Wildman–Crippen MR) is 137 cm³/mol. The molecule has 0 aliphatic carbocycles. The molecule has 0 saturated carbocycles. The summed E-state index contributed by atoms with van der Waals surface area (Å²) in [4.78, 5) is 27.8. The first-order chi connectivity index (χ1) is 15.2. The Labute approximate surface area is 210 Å². The van der Waals surface area contributed by atoms with E-state index >= 15 is 0 Å². The Kier molecular flexibility index (Phi) is 11.2. The molecule has 0 aromatic heterocycles. The summed E-state index contributed by atoms with van der Waals surface area (Å²) in [6.07, 6.45) is 0.510. The number of amides is 2. The number of rotatable bonds is 11. The van der Waals surface area contributed by atoms with E-state index in [-0.39, 0.29) is 24.1 Å². The van der Waals surface area contributed by atoms with Crippen LogP contribution in [0.1, 0.15) is 38.3 Å². The number of carbonyl (C=O) groups excluding carboxylic acids is 2. The lowest BCUT2D eigenvalue weighted by molar-refractivity contribution is -0.139. The summed E-state index contributed by atoms with van der Waals surface area (Å²) in [5.41, 5.74) is 1.87. The van der Waals surface area contributed by atoms with Gasteiger partial charge >= 0.3 is 0 Å². The molecular formula is C24H29Cl3N2O2S. The first-order valence-corrected chi connectivity index (χ1v) is 12.8. The van der Waals surface area contributed by atoms with E-state index in [9.17, 15) is 9.59 Å². The van der Waals surface area contributed by atoms with Gasteiger partial charge in [-0.15, -0.1) is 11.8 Å². The molecule has 32 heavy (non-hydrogen) atoms. The van der Waals surface area contributed by atoms with Gasteiger partial charge in [0, 0.05) is 23.9 Å². The number of thioether (sulfide) groups is 1. The Balaban J connectivity index is 2.15. The van der Waals surface area contributed by atoms with Crippen molar-refractivity contribution >= 4 is 58.4 Å². The molecule has 0 heterocycles. The highest BCUT2D eigenvalue weighted by Gasteiger charge is 2.28. The molecule has 2 aromatic rings. The van der Waals surface area contributed by atoms with E-state index in [0.29, 0.717) is 39.7 Å². The molecule has 0 fully saturated rings. The Morgan fingerprint density at radius 3 is 2.41 bits per heavy atom. The summed E-state index contributed by atoms with van der Waals surface area (Å²) in [7, 11) is 0. The van der Waals surface area contributed by atoms with Gasteiger partial charge < -0.3 is 10.2 Å². The predicted octanol–water partition coefficient (Wildman–Crippen LogP) is 6.46. The van der Waals surface area contributed by atoms with Gasteiger partial charge in [-0.05, 0) is 47.7 Å². The molecule has 0 bridgehead atoms. The second kappa shape index (κ2) is 13.3.